The van der Waals surface area contributed by atoms with Gasteiger partial charge >= 0.3 is 0 Å². The number of hydrogen-bond donors (Lipinski definition) is 0. The molecule has 1 fully saturated rings. The van der Waals surface area contributed by atoms with Crippen molar-refractivity contribution in [1.29, 1.82) is 5.26 Å². The summed E-state index contributed by atoms with van der Waals surface area (Å²) in [6, 6.07) is 32.1. The standard InChI is InChI=1S/C25H25N3/c26-19-21-8-7-9-22(18-21)20-27-14-16-28(17-15-27)25(23-10-3-1-4-11-23)24-12-5-2-6-13-24/h1-13,18,25H,14-17,20H2. The molecule has 3 nitrogen and oxygen atoms in total. The maximum Gasteiger partial charge on any atom is 0.0991 e. The van der Waals surface area contributed by atoms with E-state index in [-0.39, 0.29) is 0 Å². The zero-order chi connectivity index (χ0) is 19.2. The van der Waals surface area contributed by atoms with Crippen LogP contribution in [0.15, 0.2) is 84.9 Å². The van der Waals surface area contributed by atoms with Gasteiger partial charge in [0.25, 0.3) is 0 Å². The molecule has 0 radical (unpaired) electrons. The lowest BCUT2D eigenvalue weighted by molar-refractivity contribution is 0.105. The van der Waals surface area contributed by atoms with Gasteiger partial charge in [0.05, 0.1) is 17.7 Å². The third-order valence-electron chi connectivity index (χ3n) is 5.46. The Kier molecular flexibility index (Phi) is 5.82. The van der Waals surface area contributed by atoms with Gasteiger partial charge in [-0.2, -0.15) is 5.26 Å². The van der Waals surface area contributed by atoms with E-state index in [2.05, 4.69) is 82.6 Å². The summed E-state index contributed by atoms with van der Waals surface area (Å²) in [5.74, 6) is 0. The quantitative estimate of drug-likeness (QED) is 0.667. The summed E-state index contributed by atoms with van der Waals surface area (Å²) in [7, 11) is 0. The fraction of sp³-hybridized carbons (Fsp3) is 0.240. The molecule has 140 valence electrons. The molecule has 0 aliphatic carbocycles. The molecule has 0 aromatic heterocycles. The number of rotatable bonds is 5. The van der Waals surface area contributed by atoms with E-state index < -0.39 is 0 Å². The average Bonchev–Trinajstić information content (AvgIpc) is 2.77. The van der Waals surface area contributed by atoms with Gasteiger partial charge in [-0.25, -0.2) is 0 Å². The third-order valence-corrected chi connectivity index (χ3v) is 5.46. The summed E-state index contributed by atoms with van der Waals surface area (Å²) >= 11 is 0. The lowest BCUT2D eigenvalue weighted by Gasteiger charge is -2.39. The van der Waals surface area contributed by atoms with Crippen molar-refractivity contribution in [2.45, 2.75) is 12.6 Å². The maximum atomic E-state index is 9.11. The van der Waals surface area contributed by atoms with Crippen LogP contribution >= 0.6 is 0 Å². The lowest BCUT2D eigenvalue weighted by atomic mass is 9.96. The number of nitrogens with zero attached hydrogens (tertiary/aromatic N) is 3. The Bertz CT molecular complexity index is 883. The number of benzene rings is 3. The summed E-state index contributed by atoms with van der Waals surface area (Å²) in [6.45, 7) is 5.05. The van der Waals surface area contributed by atoms with Crippen molar-refractivity contribution in [2.75, 3.05) is 26.2 Å². The van der Waals surface area contributed by atoms with Crippen molar-refractivity contribution >= 4 is 0 Å². The van der Waals surface area contributed by atoms with E-state index in [1.165, 1.54) is 16.7 Å². The Balaban J connectivity index is 1.47. The molecule has 3 heteroatoms. The van der Waals surface area contributed by atoms with Crippen LogP contribution in [0.5, 0.6) is 0 Å². The second-order valence-corrected chi connectivity index (χ2v) is 7.35. The van der Waals surface area contributed by atoms with Gasteiger partial charge in [0.2, 0.25) is 0 Å². The van der Waals surface area contributed by atoms with Crippen LogP contribution < -0.4 is 0 Å². The van der Waals surface area contributed by atoms with Crippen LogP contribution in [0.3, 0.4) is 0 Å². The molecule has 0 bridgehead atoms. The number of hydrogen-bond acceptors (Lipinski definition) is 3. The molecule has 1 heterocycles. The van der Waals surface area contributed by atoms with Crippen LogP contribution in [0.1, 0.15) is 28.3 Å². The Morgan fingerprint density at radius 2 is 1.36 bits per heavy atom. The van der Waals surface area contributed by atoms with Gasteiger partial charge in [-0.05, 0) is 28.8 Å². The Labute approximate surface area is 167 Å². The zero-order valence-corrected chi connectivity index (χ0v) is 16.0. The summed E-state index contributed by atoms with van der Waals surface area (Å²) in [5.41, 5.74) is 4.66. The van der Waals surface area contributed by atoms with Crippen molar-refractivity contribution in [3.8, 4) is 6.07 Å². The first-order valence-corrected chi connectivity index (χ1v) is 9.89. The fourth-order valence-corrected chi connectivity index (χ4v) is 4.06. The molecule has 0 spiro atoms. The summed E-state index contributed by atoms with van der Waals surface area (Å²) in [4.78, 5) is 5.08. The van der Waals surface area contributed by atoms with Crippen LogP contribution in [-0.4, -0.2) is 36.0 Å². The summed E-state index contributed by atoms with van der Waals surface area (Å²) in [5, 5.41) is 9.11. The van der Waals surface area contributed by atoms with E-state index in [0.29, 0.717) is 6.04 Å². The highest BCUT2D eigenvalue weighted by Crippen LogP contribution is 2.29. The first-order chi connectivity index (χ1) is 13.8. The summed E-state index contributed by atoms with van der Waals surface area (Å²) in [6.07, 6.45) is 0. The van der Waals surface area contributed by atoms with Crippen LogP contribution in [0, 0.1) is 11.3 Å². The van der Waals surface area contributed by atoms with Crippen LogP contribution in [-0.2, 0) is 6.54 Å². The highest BCUT2D eigenvalue weighted by molar-refractivity contribution is 5.33. The molecular formula is C25H25N3. The minimum atomic E-state index is 0.298. The molecule has 3 aromatic rings. The second kappa shape index (κ2) is 8.84. The molecule has 1 aliphatic heterocycles. The molecule has 28 heavy (non-hydrogen) atoms. The molecule has 4 rings (SSSR count). The van der Waals surface area contributed by atoms with Gasteiger partial charge in [0, 0.05) is 32.7 Å². The normalized spacial score (nSPS) is 15.4. The minimum absolute atomic E-state index is 0.298. The Morgan fingerprint density at radius 1 is 0.750 bits per heavy atom. The number of nitriles is 1. The Hall–Kier alpha value is -2.93. The van der Waals surface area contributed by atoms with Crippen molar-refractivity contribution in [1.82, 2.24) is 9.80 Å². The maximum absolute atomic E-state index is 9.11. The van der Waals surface area contributed by atoms with Crippen molar-refractivity contribution in [3.63, 3.8) is 0 Å². The van der Waals surface area contributed by atoms with Gasteiger partial charge in [0.1, 0.15) is 0 Å². The van der Waals surface area contributed by atoms with Crippen LogP contribution in [0.4, 0.5) is 0 Å². The smallest absolute Gasteiger partial charge is 0.0991 e. The second-order valence-electron chi connectivity index (χ2n) is 7.35. The molecule has 0 atom stereocenters. The van der Waals surface area contributed by atoms with E-state index in [9.17, 15) is 0 Å². The van der Waals surface area contributed by atoms with Gasteiger partial charge in [-0.15, -0.1) is 0 Å². The Morgan fingerprint density at radius 3 is 1.93 bits per heavy atom. The summed E-state index contributed by atoms with van der Waals surface area (Å²) < 4.78 is 0. The predicted octanol–water partition coefficient (Wildman–Crippen LogP) is 4.47. The third kappa shape index (κ3) is 4.31. The zero-order valence-electron chi connectivity index (χ0n) is 16.0. The van der Waals surface area contributed by atoms with E-state index in [4.69, 9.17) is 5.26 Å². The first kappa shape index (κ1) is 18.4. The van der Waals surface area contributed by atoms with Crippen molar-refractivity contribution in [2.24, 2.45) is 0 Å². The minimum Gasteiger partial charge on any atom is -0.297 e. The topological polar surface area (TPSA) is 30.3 Å². The monoisotopic (exact) mass is 367 g/mol. The number of piperazine rings is 1. The van der Waals surface area contributed by atoms with Gasteiger partial charge in [-0.1, -0.05) is 72.8 Å². The van der Waals surface area contributed by atoms with E-state index in [0.717, 1.165) is 38.3 Å². The molecule has 1 saturated heterocycles. The fourth-order valence-electron chi connectivity index (χ4n) is 4.06. The SMILES string of the molecule is N#Cc1cccc(CN2CCN(C(c3ccccc3)c3ccccc3)CC2)c1. The van der Waals surface area contributed by atoms with E-state index in [1.54, 1.807) is 0 Å². The highest BCUT2D eigenvalue weighted by atomic mass is 15.3. The van der Waals surface area contributed by atoms with Crippen LogP contribution in [0.2, 0.25) is 0 Å². The van der Waals surface area contributed by atoms with Crippen LogP contribution in [0.25, 0.3) is 0 Å². The molecule has 3 aromatic carbocycles. The van der Waals surface area contributed by atoms with E-state index >= 15 is 0 Å². The predicted molar refractivity (Wildman–Crippen MR) is 113 cm³/mol. The van der Waals surface area contributed by atoms with Crippen molar-refractivity contribution < 1.29 is 0 Å². The van der Waals surface area contributed by atoms with E-state index in [1.807, 2.05) is 18.2 Å². The molecule has 0 unspecified atom stereocenters. The molecule has 0 N–H and O–H groups in total. The molecule has 1 aliphatic rings. The van der Waals surface area contributed by atoms with Gasteiger partial charge in [0.15, 0.2) is 0 Å². The molecule has 0 saturated carbocycles. The first-order valence-electron chi connectivity index (χ1n) is 9.89. The largest absolute Gasteiger partial charge is 0.297 e. The van der Waals surface area contributed by atoms with Gasteiger partial charge < -0.3 is 0 Å². The average molecular weight is 367 g/mol. The molecule has 0 amide bonds. The van der Waals surface area contributed by atoms with Gasteiger partial charge in [-0.3, -0.25) is 9.80 Å². The van der Waals surface area contributed by atoms with Crippen molar-refractivity contribution in [3.05, 3.63) is 107 Å². The molecular weight excluding hydrogens is 342 g/mol. The highest BCUT2D eigenvalue weighted by Gasteiger charge is 2.26. The lowest BCUT2D eigenvalue weighted by Crippen LogP contribution is -2.47.